The standard InChI is InChI=1S/C10H7N3O3S/c1-5-7(12-16-8(5)9(14)15)6-4-11-10-13(6)2-3-17-10/h2-4H,1H3,(H,14,15). The van der Waals surface area contributed by atoms with Crippen molar-refractivity contribution in [3.63, 3.8) is 0 Å². The summed E-state index contributed by atoms with van der Waals surface area (Å²) in [6.07, 6.45) is 3.51. The third kappa shape index (κ3) is 1.36. The first kappa shape index (κ1) is 10.0. The van der Waals surface area contributed by atoms with Crippen molar-refractivity contribution in [2.24, 2.45) is 0 Å². The van der Waals surface area contributed by atoms with Crippen LogP contribution < -0.4 is 0 Å². The van der Waals surface area contributed by atoms with E-state index in [1.54, 1.807) is 13.1 Å². The summed E-state index contributed by atoms with van der Waals surface area (Å²) in [7, 11) is 0. The first-order valence-electron chi connectivity index (χ1n) is 4.79. The number of carbonyl (C=O) groups is 1. The fourth-order valence-corrected chi connectivity index (χ4v) is 2.37. The minimum atomic E-state index is -1.12. The zero-order valence-corrected chi connectivity index (χ0v) is 9.56. The minimum Gasteiger partial charge on any atom is -0.475 e. The molecule has 0 aromatic carbocycles. The number of imidazole rings is 1. The molecule has 0 saturated heterocycles. The maximum Gasteiger partial charge on any atom is 0.375 e. The molecule has 0 aliphatic rings. The zero-order valence-electron chi connectivity index (χ0n) is 8.75. The molecule has 0 atom stereocenters. The fourth-order valence-electron chi connectivity index (χ4n) is 1.68. The van der Waals surface area contributed by atoms with E-state index in [9.17, 15) is 4.79 Å². The lowest BCUT2D eigenvalue weighted by molar-refractivity contribution is 0.0651. The topological polar surface area (TPSA) is 80.6 Å². The van der Waals surface area contributed by atoms with Crippen molar-refractivity contribution in [1.29, 1.82) is 0 Å². The molecule has 6 nitrogen and oxygen atoms in total. The molecule has 0 saturated carbocycles. The largest absolute Gasteiger partial charge is 0.475 e. The van der Waals surface area contributed by atoms with Gasteiger partial charge in [0.2, 0.25) is 5.76 Å². The van der Waals surface area contributed by atoms with Gasteiger partial charge in [0.1, 0.15) is 5.69 Å². The van der Waals surface area contributed by atoms with Crippen LogP contribution in [0.2, 0.25) is 0 Å². The highest BCUT2D eigenvalue weighted by Gasteiger charge is 2.21. The lowest BCUT2D eigenvalue weighted by atomic mass is 10.2. The number of fused-ring (bicyclic) bond motifs is 1. The van der Waals surface area contributed by atoms with Crippen molar-refractivity contribution in [3.05, 3.63) is 29.1 Å². The third-order valence-corrected chi connectivity index (χ3v) is 3.28. The highest BCUT2D eigenvalue weighted by Crippen LogP contribution is 2.26. The van der Waals surface area contributed by atoms with Crippen molar-refractivity contribution < 1.29 is 14.4 Å². The number of thiazole rings is 1. The van der Waals surface area contributed by atoms with Crippen molar-refractivity contribution in [1.82, 2.24) is 14.5 Å². The van der Waals surface area contributed by atoms with E-state index >= 15 is 0 Å². The highest BCUT2D eigenvalue weighted by atomic mass is 32.1. The minimum absolute atomic E-state index is 0.134. The second kappa shape index (κ2) is 3.42. The van der Waals surface area contributed by atoms with Crippen LogP contribution in [0.3, 0.4) is 0 Å². The lowest BCUT2D eigenvalue weighted by Crippen LogP contribution is -1.96. The van der Waals surface area contributed by atoms with Crippen LogP contribution in [0.25, 0.3) is 16.3 Å². The maximum absolute atomic E-state index is 10.9. The third-order valence-electron chi connectivity index (χ3n) is 2.51. The maximum atomic E-state index is 10.9. The number of hydrogen-bond acceptors (Lipinski definition) is 5. The van der Waals surface area contributed by atoms with Gasteiger partial charge in [0.05, 0.1) is 11.9 Å². The molecule has 1 N–H and O–H groups in total. The van der Waals surface area contributed by atoms with Gasteiger partial charge in [0, 0.05) is 17.1 Å². The Hall–Kier alpha value is -2.15. The summed E-state index contributed by atoms with van der Waals surface area (Å²) in [4.78, 5) is 15.9. The van der Waals surface area contributed by atoms with Gasteiger partial charge in [-0.25, -0.2) is 9.78 Å². The van der Waals surface area contributed by atoms with E-state index in [1.165, 1.54) is 11.3 Å². The van der Waals surface area contributed by atoms with Gasteiger partial charge in [-0.05, 0) is 6.92 Å². The molecular weight excluding hydrogens is 242 g/mol. The molecule has 3 aromatic rings. The van der Waals surface area contributed by atoms with Gasteiger partial charge in [-0.2, -0.15) is 0 Å². The van der Waals surface area contributed by atoms with E-state index in [0.717, 1.165) is 10.7 Å². The van der Waals surface area contributed by atoms with Crippen LogP contribution in [0, 0.1) is 6.92 Å². The van der Waals surface area contributed by atoms with Crippen LogP contribution in [-0.2, 0) is 0 Å². The number of hydrogen-bond donors (Lipinski definition) is 1. The zero-order chi connectivity index (χ0) is 12.0. The Kier molecular flexibility index (Phi) is 2.02. The summed E-state index contributed by atoms with van der Waals surface area (Å²) < 4.78 is 6.67. The van der Waals surface area contributed by atoms with Crippen LogP contribution in [0.15, 0.2) is 22.3 Å². The summed E-state index contributed by atoms with van der Waals surface area (Å²) >= 11 is 1.50. The van der Waals surface area contributed by atoms with Crippen LogP contribution in [0.4, 0.5) is 0 Å². The van der Waals surface area contributed by atoms with E-state index in [4.69, 9.17) is 9.63 Å². The molecule has 0 aliphatic heterocycles. The molecule has 86 valence electrons. The Balaban J connectivity index is 2.23. The normalized spacial score (nSPS) is 11.1. The Bertz CT molecular complexity index is 709. The summed E-state index contributed by atoms with van der Waals surface area (Å²) in [6, 6.07) is 0. The summed E-state index contributed by atoms with van der Waals surface area (Å²) in [5, 5.41) is 14.6. The van der Waals surface area contributed by atoms with E-state index in [1.807, 2.05) is 16.0 Å². The predicted molar refractivity (Wildman–Crippen MR) is 60.3 cm³/mol. The van der Waals surface area contributed by atoms with E-state index in [-0.39, 0.29) is 5.76 Å². The first-order valence-corrected chi connectivity index (χ1v) is 5.67. The van der Waals surface area contributed by atoms with Crippen LogP contribution >= 0.6 is 11.3 Å². The lowest BCUT2D eigenvalue weighted by Gasteiger charge is -1.94. The smallest absolute Gasteiger partial charge is 0.375 e. The molecule has 3 heterocycles. The van der Waals surface area contributed by atoms with Crippen molar-refractivity contribution in [2.75, 3.05) is 0 Å². The molecular formula is C10H7N3O3S. The Morgan fingerprint density at radius 1 is 1.59 bits per heavy atom. The number of carboxylic acid groups (broad SMARTS) is 1. The Morgan fingerprint density at radius 3 is 3.12 bits per heavy atom. The van der Waals surface area contributed by atoms with Gasteiger partial charge >= 0.3 is 5.97 Å². The molecule has 0 aliphatic carbocycles. The average Bonchev–Trinajstić information content (AvgIpc) is 2.91. The molecule has 0 bridgehead atoms. The molecule has 0 spiro atoms. The van der Waals surface area contributed by atoms with Crippen molar-refractivity contribution >= 4 is 22.3 Å². The molecule has 3 aromatic heterocycles. The van der Waals surface area contributed by atoms with Crippen molar-refractivity contribution in [3.8, 4) is 11.4 Å². The molecule has 0 amide bonds. The second-order valence-corrected chi connectivity index (χ2v) is 4.36. The van der Waals surface area contributed by atoms with Gasteiger partial charge in [-0.15, -0.1) is 11.3 Å². The van der Waals surface area contributed by atoms with Gasteiger partial charge < -0.3 is 9.63 Å². The molecule has 17 heavy (non-hydrogen) atoms. The van der Waals surface area contributed by atoms with Gasteiger partial charge in [-0.1, -0.05) is 5.16 Å². The Morgan fingerprint density at radius 2 is 2.41 bits per heavy atom. The first-order chi connectivity index (χ1) is 8.18. The van der Waals surface area contributed by atoms with Crippen molar-refractivity contribution in [2.45, 2.75) is 6.92 Å². The number of carboxylic acids is 1. The summed E-state index contributed by atoms with van der Waals surface area (Å²) in [5.74, 6) is -1.25. The average molecular weight is 249 g/mol. The van der Waals surface area contributed by atoms with Gasteiger partial charge in [0.25, 0.3) is 0 Å². The molecule has 0 unspecified atom stereocenters. The van der Waals surface area contributed by atoms with Crippen LogP contribution in [-0.4, -0.2) is 25.6 Å². The predicted octanol–water partition coefficient (Wildman–Crippen LogP) is 2.06. The van der Waals surface area contributed by atoms with Crippen LogP contribution in [0.5, 0.6) is 0 Å². The number of aromatic carboxylic acids is 1. The number of aromatic nitrogens is 3. The van der Waals surface area contributed by atoms with Gasteiger partial charge in [0.15, 0.2) is 4.96 Å². The number of rotatable bonds is 2. The van der Waals surface area contributed by atoms with Crippen LogP contribution in [0.1, 0.15) is 16.1 Å². The highest BCUT2D eigenvalue weighted by molar-refractivity contribution is 7.15. The number of nitrogens with zero attached hydrogens (tertiary/aromatic N) is 3. The second-order valence-electron chi connectivity index (χ2n) is 3.49. The fraction of sp³-hybridized carbons (Fsp3) is 0.100. The Labute approximate surface area is 99.1 Å². The molecule has 0 radical (unpaired) electrons. The molecule has 3 rings (SSSR count). The van der Waals surface area contributed by atoms with E-state index in [2.05, 4.69) is 10.1 Å². The quantitative estimate of drug-likeness (QED) is 0.751. The van der Waals surface area contributed by atoms with E-state index < -0.39 is 5.97 Å². The van der Waals surface area contributed by atoms with E-state index in [0.29, 0.717) is 11.3 Å². The molecule has 7 heteroatoms. The SMILES string of the molecule is Cc1c(-c2cnc3sccn23)noc1C(=O)O. The summed E-state index contributed by atoms with van der Waals surface area (Å²) in [6.45, 7) is 1.67. The monoisotopic (exact) mass is 249 g/mol. The molecule has 0 fully saturated rings. The summed E-state index contributed by atoms with van der Waals surface area (Å²) in [5.41, 5.74) is 1.74. The van der Waals surface area contributed by atoms with Gasteiger partial charge in [-0.3, -0.25) is 4.40 Å².